The van der Waals surface area contributed by atoms with Gasteiger partial charge in [-0.2, -0.15) is 23.5 Å². The lowest BCUT2D eigenvalue weighted by Crippen LogP contribution is -2.43. The van der Waals surface area contributed by atoms with E-state index in [0.29, 0.717) is 0 Å². The van der Waals surface area contributed by atoms with Crippen LogP contribution in [0.25, 0.3) is 0 Å². The first kappa shape index (κ1) is 12.1. The summed E-state index contributed by atoms with van der Waals surface area (Å²) in [7, 11) is 2.23. The molecule has 2 aliphatic heterocycles. The van der Waals surface area contributed by atoms with Gasteiger partial charge in [0.25, 0.3) is 0 Å². The van der Waals surface area contributed by atoms with Crippen LogP contribution in [0.5, 0.6) is 0 Å². The third-order valence-electron chi connectivity index (χ3n) is 3.24. The molecule has 0 saturated carbocycles. The van der Waals surface area contributed by atoms with E-state index >= 15 is 0 Å². The monoisotopic (exact) mass is 246 g/mol. The molecule has 0 radical (unpaired) electrons. The van der Waals surface area contributed by atoms with Crippen molar-refractivity contribution >= 4 is 23.5 Å². The highest BCUT2D eigenvalue weighted by molar-refractivity contribution is 8.06. The lowest BCUT2D eigenvalue weighted by Gasteiger charge is -2.31. The number of nitrogens with zero attached hydrogens (tertiary/aromatic N) is 1. The molecule has 2 rings (SSSR count). The molecule has 2 nitrogen and oxygen atoms in total. The smallest absolute Gasteiger partial charge is 0.0263 e. The Balaban J connectivity index is 1.60. The van der Waals surface area contributed by atoms with Crippen molar-refractivity contribution in [1.82, 2.24) is 10.2 Å². The van der Waals surface area contributed by atoms with E-state index in [1.54, 1.807) is 0 Å². The second kappa shape index (κ2) is 6.38. The van der Waals surface area contributed by atoms with Crippen LogP contribution in [0.15, 0.2) is 0 Å². The number of rotatable bonds is 3. The molecule has 2 saturated heterocycles. The van der Waals surface area contributed by atoms with Gasteiger partial charge in [0.2, 0.25) is 0 Å². The molecule has 2 aliphatic rings. The molecule has 0 spiro atoms. The fourth-order valence-corrected chi connectivity index (χ4v) is 4.79. The first-order valence-corrected chi connectivity index (χ1v) is 8.16. The zero-order valence-corrected chi connectivity index (χ0v) is 11.2. The van der Waals surface area contributed by atoms with Crippen molar-refractivity contribution < 1.29 is 0 Å². The summed E-state index contributed by atoms with van der Waals surface area (Å²) in [6.45, 7) is 3.76. The van der Waals surface area contributed by atoms with E-state index in [1.807, 2.05) is 0 Å². The predicted octanol–water partition coefficient (Wildman–Crippen LogP) is 1.52. The van der Waals surface area contributed by atoms with Gasteiger partial charge in [0.1, 0.15) is 0 Å². The van der Waals surface area contributed by atoms with Crippen LogP contribution in [0.1, 0.15) is 12.8 Å². The third kappa shape index (κ3) is 4.17. The summed E-state index contributed by atoms with van der Waals surface area (Å²) in [5, 5.41) is 4.62. The Morgan fingerprint density at radius 2 is 2.07 bits per heavy atom. The Bertz CT molecular complexity index is 175. The summed E-state index contributed by atoms with van der Waals surface area (Å²) in [5.41, 5.74) is 0. The van der Waals surface area contributed by atoms with Crippen molar-refractivity contribution in [3.05, 3.63) is 0 Å². The maximum absolute atomic E-state index is 3.75. The molecule has 15 heavy (non-hydrogen) atoms. The molecular formula is C11H22N2S2. The second-order valence-corrected chi connectivity index (χ2v) is 7.11. The Hall–Kier alpha value is 0.620. The lowest BCUT2D eigenvalue weighted by molar-refractivity contribution is 0.235. The van der Waals surface area contributed by atoms with Crippen LogP contribution in [0.3, 0.4) is 0 Å². The molecule has 1 N–H and O–H groups in total. The first-order chi connectivity index (χ1) is 7.34. The lowest BCUT2D eigenvalue weighted by atomic mass is 10.1. The molecule has 0 aromatic heterocycles. The van der Waals surface area contributed by atoms with E-state index in [9.17, 15) is 0 Å². The largest absolute Gasteiger partial charge is 0.313 e. The molecular weight excluding hydrogens is 224 g/mol. The van der Waals surface area contributed by atoms with E-state index in [2.05, 4.69) is 40.8 Å². The summed E-state index contributed by atoms with van der Waals surface area (Å²) in [4.78, 5) is 2.43. The van der Waals surface area contributed by atoms with Crippen molar-refractivity contribution in [3.63, 3.8) is 0 Å². The number of likely N-dealkylation sites (tertiary alicyclic amines) is 1. The Morgan fingerprint density at radius 1 is 1.27 bits per heavy atom. The second-order valence-electron chi connectivity index (χ2n) is 4.55. The molecule has 1 unspecified atom stereocenters. The molecule has 2 heterocycles. The van der Waals surface area contributed by atoms with Gasteiger partial charge in [-0.25, -0.2) is 0 Å². The highest BCUT2D eigenvalue weighted by atomic mass is 32.2. The van der Waals surface area contributed by atoms with Crippen LogP contribution in [0, 0.1) is 0 Å². The molecule has 2 fully saturated rings. The van der Waals surface area contributed by atoms with Crippen molar-refractivity contribution in [2.24, 2.45) is 0 Å². The molecule has 0 amide bonds. The molecule has 88 valence electrons. The van der Waals surface area contributed by atoms with Gasteiger partial charge >= 0.3 is 0 Å². The highest BCUT2D eigenvalue weighted by Gasteiger charge is 2.19. The maximum Gasteiger partial charge on any atom is 0.0263 e. The van der Waals surface area contributed by atoms with Crippen LogP contribution >= 0.6 is 23.5 Å². The Labute approximate surface area is 102 Å². The maximum atomic E-state index is 3.75. The van der Waals surface area contributed by atoms with Crippen LogP contribution in [-0.4, -0.2) is 60.1 Å². The number of piperidine rings is 1. The van der Waals surface area contributed by atoms with Crippen LogP contribution in [0.2, 0.25) is 0 Å². The molecule has 1 atom stereocenters. The minimum atomic E-state index is 0.786. The van der Waals surface area contributed by atoms with E-state index in [4.69, 9.17) is 0 Å². The average molecular weight is 246 g/mol. The predicted molar refractivity (Wildman–Crippen MR) is 72.1 cm³/mol. The molecule has 4 heteroatoms. The Kier molecular flexibility index (Phi) is 5.14. The fourth-order valence-electron chi connectivity index (χ4n) is 2.17. The summed E-state index contributed by atoms with van der Waals surface area (Å²) >= 11 is 4.28. The van der Waals surface area contributed by atoms with Gasteiger partial charge in [0.05, 0.1) is 0 Å². The van der Waals surface area contributed by atoms with E-state index < -0.39 is 0 Å². The van der Waals surface area contributed by atoms with Gasteiger partial charge in [0, 0.05) is 35.1 Å². The van der Waals surface area contributed by atoms with Crippen LogP contribution in [-0.2, 0) is 0 Å². The van der Waals surface area contributed by atoms with Gasteiger partial charge in [-0.1, -0.05) is 0 Å². The van der Waals surface area contributed by atoms with Gasteiger partial charge in [-0.15, -0.1) is 0 Å². The number of hydrogen-bond acceptors (Lipinski definition) is 4. The molecule has 0 aromatic carbocycles. The third-order valence-corrected chi connectivity index (χ3v) is 6.08. The highest BCUT2D eigenvalue weighted by Crippen LogP contribution is 2.23. The van der Waals surface area contributed by atoms with E-state index in [-0.39, 0.29) is 0 Å². The fraction of sp³-hybridized carbons (Fsp3) is 1.00. The average Bonchev–Trinajstić information content (AvgIpc) is 2.30. The summed E-state index contributed by atoms with van der Waals surface area (Å²) in [6.07, 6.45) is 2.67. The molecule has 0 aromatic rings. The normalized spacial score (nSPS) is 30.6. The van der Waals surface area contributed by atoms with E-state index in [0.717, 1.165) is 11.3 Å². The van der Waals surface area contributed by atoms with Crippen LogP contribution < -0.4 is 5.32 Å². The SMILES string of the molecule is CN1CCC(NCC2CSCCS2)CC1. The van der Waals surface area contributed by atoms with Crippen molar-refractivity contribution in [1.29, 1.82) is 0 Å². The minimum absolute atomic E-state index is 0.786. The van der Waals surface area contributed by atoms with Gasteiger partial charge in [-0.05, 0) is 33.0 Å². The summed E-state index contributed by atoms with van der Waals surface area (Å²) in [5.74, 6) is 4.06. The topological polar surface area (TPSA) is 15.3 Å². The standard InChI is InChI=1S/C11H22N2S2/c1-13-4-2-10(3-5-13)12-8-11-9-14-6-7-15-11/h10-12H,2-9H2,1H3. The molecule has 0 aliphatic carbocycles. The molecule has 0 bridgehead atoms. The first-order valence-electron chi connectivity index (χ1n) is 5.96. The van der Waals surface area contributed by atoms with Gasteiger partial charge in [0.15, 0.2) is 0 Å². The zero-order valence-electron chi connectivity index (χ0n) is 9.58. The van der Waals surface area contributed by atoms with Crippen LogP contribution in [0.4, 0.5) is 0 Å². The van der Waals surface area contributed by atoms with Crippen molar-refractivity contribution in [2.45, 2.75) is 24.1 Å². The zero-order chi connectivity index (χ0) is 10.5. The number of thioether (sulfide) groups is 2. The summed E-state index contributed by atoms with van der Waals surface area (Å²) < 4.78 is 0. The number of hydrogen-bond donors (Lipinski definition) is 1. The van der Waals surface area contributed by atoms with Crippen molar-refractivity contribution in [3.8, 4) is 0 Å². The van der Waals surface area contributed by atoms with Crippen molar-refractivity contribution in [2.75, 3.05) is 43.9 Å². The van der Waals surface area contributed by atoms with Gasteiger partial charge < -0.3 is 10.2 Å². The minimum Gasteiger partial charge on any atom is -0.313 e. The summed E-state index contributed by atoms with van der Waals surface area (Å²) in [6, 6.07) is 0.786. The van der Waals surface area contributed by atoms with Gasteiger partial charge in [-0.3, -0.25) is 0 Å². The van der Waals surface area contributed by atoms with E-state index in [1.165, 1.54) is 49.7 Å². The number of nitrogens with one attached hydrogen (secondary N) is 1. The quantitative estimate of drug-likeness (QED) is 0.812. The Morgan fingerprint density at radius 3 is 2.73 bits per heavy atom.